The molecule has 0 saturated carbocycles. The highest BCUT2D eigenvalue weighted by molar-refractivity contribution is 5.98. The second kappa shape index (κ2) is 18.4. The van der Waals surface area contributed by atoms with Gasteiger partial charge in [-0.15, -0.1) is 0 Å². The van der Waals surface area contributed by atoms with E-state index in [1.54, 1.807) is 0 Å². The van der Waals surface area contributed by atoms with E-state index in [9.17, 15) is 5.11 Å². The Morgan fingerprint density at radius 2 is 0.853 bits per heavy atom. The Balaban J connectivity index is 1.30. The number of fused-ring (bicyclic) bond motifs is 2. The molecule has 0 radical (unpaired) electrons. The Morgan fingerprint density at radius 3 is 1.39 bits per heavy atom. The van der Waals surface area contributed by atoms with Crippen molar-refractivity contribution in [3.8, 4) is 73.3 Å². The molecule has 0 aliphatic heterocycles. The van der Waals surface area contributed by atoms with E-state index in [0.29, 0.717) is 17.0 Å². The lowest BCUT2D eigenvalue weighted by molar-refractivity contribution is 0.446. The fourth-order valence-corrected chi connectivity index (χ4v) is 10.4. The third-order valence-electron chi connectivity index (χ3n) is 14.9. The average molecular weight is 988 g/mol. The van der Waals surface area contributed by atoms with Crippen LogP contribution in [-0.2, 0) is 27.1 Å². The van der Waals surface area contributed by atoms with Crippen molar-refractivity contribution in [3.63, 3.8) is 0 Å². The molecule has 0 spiro atoms. The van der Waals surface area contributed by atoms with Gasteiger partial charge in [0.2, 0.25) is 0 Å². The number of hydrogen-bond donors (Lipinski definition) is 1. The van der Waals surface area contributed by atoms with E-state index in [1.807, 2.05) is 12.3 Å². The maximum atomic E-state index is 12.7. The number of pyridine rings is 1. The minimum atomic E-state index is -0.349. The highest BCUT2D eigenvalue weighted by atomic mass is 16.3. The Morgan fingerprint density at radius 1 is 0.360 bits per heavy atom. The third kappa shape index (κ3) is 9.61. The zero-order valence-electron chi connectivity index (χ0n) is 46.8. The normalized spacial score (nSPS) is 12.8. The minimum Gasteiger partial charge on any atom is -0.507 e. The van der Waals surface area contributed by atoms with Crippen molar-refractivity contribution >= 4 is 22.2 Å². The fraction of sp³-hybridized carbons (Fsp3) is 0.290. The van der Waals surface area contributed by atoms with Crippen LogP contribution in [0.2, 0.25) is 0 Å². The lowest BCUT2D eigenvalue weighted by Crippen LogP contribution is -2.17. The zero-order valence-corrected chi connectivity index (χ0v) is 46.8. The number of aromatic nitrogens is 5. The molecule has 3 heterocycles. The summed E-state index contributed by atoms with van der Waals surface area (Å²) in [5, 5.41) is 12.7. The summed E-state index contributed by atoms with van der Waals surface area (Å²) >= 11 is 0. The first-order chi connectivity index (χ1) is 35.3. The maximum absolute atomic E-state index is 12.7. The number of imidazole rings is 2. The quantitative estimate of drug-likeness (QED) is 0.173. The zero-order chi connectivity index (χ0) is 53.6. The summed E-state index contributed by atoms with van der Waals surface area (Å²) in [5.74, 6) is 1.73. The van der Waals surface area contributed by atoms with Crippen molar-refractivity contribution in [2.45, 2.75) is 131 Å². The predicted octanol–water partition coefficient (Wildman–Crippen LogP) is 18.3. The Kier molecular flexibility index (Phi) is 12.5. The monoisotopic (exact) mass is 988 g/mol. The van der Waals surface area contributed by atoms with E-state index in [0.717, 1.165) is 83.8 Å². The van der Waals surface area contributed by atoms with Gasteiger partial charge in [0.25, 0.3) is 0 Å². The standard InChI is InChI=1S/C69H73N5O/c1-65(2,3)47-31-33-56(52(39-47)43-24-18-16-19-25-43)73-58-29-22-28-51(60(58)71-64(73)54-41-50(68(10,11)12)42-55(61(54)75)69(13,14)15)45-36-46(38-49(37-45)67(7,8)9)63-72-62-59(30-23-35-70-62)74(63)57-34-32-48(66(4,5)6)40-53(57)44-26-20-17-21-27-44/h16-42,75H,1-15H3. The number of benzene rings is 7. The van der Waals surface area contributed by atoms with Crippen molar-refractivity contribution < 1.29 is 5.11 Å². The van der Waals surface area contributed by atoms with Gasteiger partial charge in [0.1, 0.15) is 17.4 Å². The molecule has 7 aromatic carbocycles. The molecule has 10 aromatic rings. The predicted molar refractivity (Wildman–Crippen MR) is 316 cm³/mol. The maximum Gasteiger partial charge on any atom is 0.178 e. The molecule has 6 heteroatoms. The van der Waals surface area contributed by atoms with E-state index in [1.165, 1.54) is 16.7 Å². The molecule has 75 heavy (non-hydrogen) atoms. The van der Waals surface area contributed by atoms with Gasteiger partial charge in [0, 0.05) is 34.0 Å². The molecule has 0 aliphatic rings. The number of rotatable bonds is 7. The van der Waals surface area contributed by atoms with Crippen LogP contribution < -0.4 is 0 Å². The first-order valence-electron chi connectivity index (χ1n) is 26.6. The van der Waals surface area contributed by atoms with Crippen LogP contribution in [0.15, 0.2) is 164 Å². The molecule has 0 fully saturated rings. The van der Waals surface area contributed by atoms with E-state index >= 15 is 0 Å². The van der Waals surface area contributed by atoms with Crippen LogP contribution in [0.25, 0.3) is 89.7 Å². The van der Waals surface area contributed by atoms with Crippen LogP contribution in [0.3, 0.4) is 0 Å². The van der Waals surface area contributed by atoms with E-state index < -0.39 is 0 Å². The van der Waals surface area contributed by atoms with Crippen molar-refractivity contribution in [1.82, 2.24) is 24.1 Å². The van der Waals surface area contributed by atoms with Gasteiger partial charge in [-0.25, -0.2) is 15.0 Å². The van der Waals surface area contributed by atoms with Crippen LogP contribution in [0, 0.1) is 0 Å². The molecule has 0 unspecified atom stereocenters. The van der Waals surface area contributed by atoms with Crippen molar-refractivity contribution in [2.24, 2.45) is 0 Å². The van der Waals surface area contributed by atoms with Gasteiger partial charge in [-0.1, -0.05) is 201 Å². The van der Waals surface area contributed by atoms with Gasteiger partial charge >= 0.3 is 0 Å². The molecule has 0 amide bonds. The Labute approximate surface area is 445 Å². The molecular weight excluding hydrogens is 915 g/mol. The van der Waals surface area contributed by atoms with Crippen molar-refractivity contribution in [1.29, 1.82) is 0 Å². The average Bonchev–Trinajstić information content (AvgIpc) is 3.94. The molecular formula is C69H73N5O. The third-order valence-corrected chi connectivity index (χ3v) is 14.9. The number of nitrogens with zero attached hydrogens (tertiary/aromatic N) is 5. The van der Waals surface area contributed by atoms with E-state index in [-0.39, 0.29) is 32.8 Å². The molecule has 0 atom stereocenters. The second-order valence-corrected chi connectivity index (χ2v) is 25.7. The number of hydrogen-bond acceptors (Lipinski definition) is 4. The van der Waals surface area contributed by atoms with Crippen molar-refractivity contribution in [2.75, 3.05) is 0 Å². The van der Waals surface area contributed by atoms with Gasteiger partial charge in [-0.2, -0.15) is 0 Å². The van der Waals surface area contributed by atoms with Gasteiger partial charge in [0.15, 0.2) is 5.65 Å². The molecule has 1 N–H and O–H groups in total. The minimum absolute atomic E-state index is 0.0602. The molecule has 10 rings (SSSR count). The van der Waals surface area contributed by atoms with Gasteiger partial charge < -0.3 is 5.11 Å². The summed E-state index contributed by atoms with van der Waals surface area (Å²) in [4.78, 5) is 16.1. The summed E-state index contributed by atoms with van der Waals surface area (Å²) in [7, 11) is 0. The number of phenolic OH excluding ortho intramolecular Hbond substituents is 1. The Bertz CT molecular complexity index is 3780. The number of phenols is 1. The molecule has 380 valence electrons. The number of aromatic hydroxyl groups is 1. The topological polar surface area (TPSA) is 68.8 Å². The SMILES string of the molecule is CC(C)(C)c1cc(-c2cccc3c2nc(-c2cc(C(C)(C)C)cc(C(C)(C)C)c2O)n3-c2ccc(C(C)(C)C)cc2-c2ccccc2)cc(-c2nc3ncccc3n2-c2ccc(C(C)(C)C)cc2-c2ccccc2)c1. The van der Waals surface area contributed by atoms with Crippen LogP contribution in [-0.4, -0.2) is 29.2 Å². The highest BCUT2D eigenvalue weighted by Gasteiger charge is 2.31. The molecule has 0 bridgehead atoms. The largest absolute Gasteiger partial charge is 0.507 e. The van der Waals surface area contributed by atoms with E-state index in [4.69, 9.17) is 15.0 Å². The summed E-state index contributed by atoms with van der Waals surface area (Å²) in [6.45, 7) is 33.7. The second-order valence-electron chi connectivity index (χ2n) is 25.7. The summed E-state index contributed by atoms with van der Waals surface area (Å²) in [6.07, 6.45) is 1.83. The fourth-order valence-electron chi connectivity index (χ4n) is 10.4. The van der Waals surface area contributed by atoms with Gasteiger partial charge in [0.05, 0.1) is 33.5 Å². The van der Waals surface area contributed by atoms with Gasteiger partial charge in [-0.05, 0) is 127 Å². The summed E-state index contributed by atoms with van der Waals surface area (Å²) in [6, 6.07) is 57.0. The number of para-hydroxylation sites is 1. The van der Waals surface area contributed by atoms with Crippen LogP contribution in [0.1, 0.15) is 132 Å². The van der Waals surface area contributed by atoms with Crippen LogP contribution in [0.5, 0.6) is 5.75 Å². The van der Waals surface area contributed by atoms with E-state index in [2.05, 4.69) is 265 Å². The smallest absolute Gasteiger partial charge is 0.178 e. The molecule has 0 saturated heterocycles. The molecule has 0 aliphatic carbocycles. The lowest BCUT2D eigenvalue weighted by atomic mass is 9.79. The van der Waals surface area contributed by atoms with Gasteiger partial charge in [-0.3, -0.25) is 9.13 Å². The first kappa shape index (κ1) is 50.9. The van der Waals surface area contributed by atoms with Crippen molar-refractivity contribution in [3.05, 3.63) is 192 Å². The Hall–Kier alpha value is -7.57. The molecule has 3 aromatic heterocycles. The summed E-state index contributed by atoms with van der Waals surface area (Å²) < 4.78 is 4.60. The highest BCUT2D eigenvalue weighted by Crippen LogP contribution is 2.47. The van der Waals surface area contributed by atoms with Crippen LogP contribution >= 0.6 is 0 Å². The first-order valence-corrected chi connectivity index (χ1v) is 26.6. The van der Waals surface area contributed by atoms with Crippen LogP contribution in [0.4, 0.5) is 0 Å². The lowest BCUT2D eigenvalue weighted by Gasteiger charge is -2.28. The summed E-state index contributed by atoms with van der Waals surface area (Å²) in [5.41, 5.74) is 18.3. The molecule has 6 nitrogen and oxygen atoms in total.